The highest BCUT2D eigenvalue weighted by Gasteiger charge is 2.32. The van der Waals surface area contributed by atoms with Crippen LogP contribution in [0.1, 0.15) is 18.9 Å². The zero-order chi connectivity index (χ0) is 12.4. The van der Waals surface area contributed by atoms with Crippen LogP contribution in [-0.2, 0) is 0 Å². The second-order valence-electron chi connectivity index (χ2n) is 4.46. The number of halogens is 1. The maximum atomic E-state index is 13.5. The van der Waals surface area contributed by atoms with Crippen LogP contribution >= 0.6 is 0 Å². The van der Waals surface area contributed by atoms with Crippen LogP contribution in [0.3, 0.4) is 0 Å². The Bertz CT molecular complexity index is 455. The van der Waals surface area contributed by atoms with Gasteiger partial charge in [0.1, 0.15) is 17.4 Å². The quantitative estimate of drug-likeness (QED) is 0.850. The van der Waals surface area contributed by atoms with E-state index < -0.39 is 5.82 Å². The van der Waals surface area contributed by atoms with Gasteiger partial charge in [0.15, 0.2) is 0 Å². The standard InChI is InChI=1S/C13H15FN2O/c1-9-5-6-16(13(9)8-17)12-4-2-3-11(14)10(12)7-15/h2-4,9,13,17H,5-6,8H2,1H3. The van der Waals surface area contributed by atoms with E-state index in [1.54, 1.807) is 12.1 Å². The third kappa shape index (κ3) is 1.98. The smallest absolute Gasteiger partial charge is 0.143 e. The van der Waals surface area contributed by atoms with Crippen LogP contribution in [0, 0.1) is 23.1 Å². The summed E-state index contributed by atoms with van der Waals surface area (Å²) in [6.07, 6.45) is 0.951. The van der Waals surface area contributed by atoms with Gasteiger partial charge in [0.25, 0.3) is 0 Å². The Morgan fingerprint density at radius 3 is 3.00 bits per heavy atom. The molecule has 0 spiro atoms. The van der Waals surface area contributed by atoms with Crippen molar-refractivity contribution in [2.75, 3.05) is 18.1 Å². The molecule has 0 aliphatic carbocycles. The molecular formula is C13H15FN2O. The average Bonchev–Trinajstić information content (AvgIpc) is 2.69. The van der Waals surface area contributed by atoms with Gasteiger partial charge in [0, 0.05) is 6.54 Å². The minimum atomic E-state index is -0.499. The van der Waals surface area contributed by atoms with E-state index in [2.05, 4.69) is 6.92 Å². The van der Waals surface area contributed by atoms with Gasteiger partial charge in [0.2, 0.25) is 0 Å². The Labute approximate surface area is 100 Å². The Kier molecular flexibility index (Phi) is 3.30. The highest BCUT2D eigenvalue weighted by atomic mass is 19.1. The van der Waals surface area contributed by atoms with E-state index in [0.29, 0.717) is 11.6 Å². The Hall–Kier alpha value is -1.60. The summed E-state index contributed by atoms with van der Waals surface area (Å²) < 4.78 is 13.5. The normalized spacial score (nSPS) is 23.8. The largest absolute Gasteiger partial charge is 0.394 e. The van der Waals surface area contributed by atoms with E-state index in [-0.39, 0.29) is 18.2 Å². The molecule has 0 bridgehead atoms. The predicted octanol–water partition coefficient (Wildman–Crippen LogP) is 1.90. The summed E-state index contributed by atoms with van der Waals surface area (Å²) in [6, 6.07) is 6.50. The van der Waals surface area contributed by atoms with E-state index in [9.17, 15) is 9.50 Å². The number of hydrogen-bond donors (Lipinski definition) is 1. The van der Waals surface area contributed by atoms with Crippen molar-refractivity contribution >= 4 is 5.69 Å². The summed E-state index contributed by atoms with van der Waals surface area (Å²) in [5.74, 6) is -0.143. The highest BCUT2D eigenvalue weighted by Crippen LogP contribution is 2.32. The molecule has 90 valence electrons. The van der Waals surface area contributed by atoms with E-state index in [4.69, 9.17) is 5.26 Å². The van der Waals surface area contributed by atoms with Crippen molar-refractivity contribution in [2.24, 2.45) is 5.92 Å². The molecule has 2 rings (SSSR count). The number of hydrogen-bond acceptors (Lipinski definition) is 3. The lowest BCUT2D eigenvalue weighted by Gasteiger charge is -2.28. The highest BCUT2D eigenvalue weighted by molar-refractivity contribution is 5.61. The van der Waals surface area contributed by atoms with Crippen LogP contribution in [0.4, 0.5) is 10.1 Å². The summed E-state index contributed by atoms with van der Waals surface area (Å²) in [5, 5.41) is 18.4. The van der Waals surface area contributed by atoms with Crippen molar-refractivity contribution in [3.05, 3.63) is 29.6 Å². The van der Waals surface area contributed by atoms with Gasteiger partial charge in [0.05, 0.1) is 18.3 Å². The van der Waals surface area contributed by atoms with Crippen molar-refractivity contribution in [3.8, 4) is 6.07 Å². The summed E-state index contributed by atoms with van der Waals surface area (Å²) >= 11 is 0. The zero-order valence-electron chi connectivity index (χ0n) is 9.73. The third-order valence-corrected chi connectivity index (χ3v) is 3.48. The van der Waals surface area contributed by atoms with Crippen LogP contribution in [0.25, 0.3) is 0 Å². The molecule has 2 atom stereocenters. The fourth-order valence-electron chi connectivity index (χ4n) is 2.45. The van der Waals surface area contributed by atoms with Gasteiger partial charge in [-0.1, -0.05) is 13.0 Å². The lowest BCUT2D eigenvalue weighted by molar-refractivity contribution is 0.244. The Morgan fingerprint density at radius 2 is 2.35 bits per heavy atom. The molecule has 0 amide bonds. The lowest BCUT2D eigenvalue weighted by Crippen LogP contribution is -2.35. The number of benzene rings is 1. The first kappa shape index (κ1) is 11.9. The predicted molar refractivity (Wildman–Crippen MR) is 63.1 cm³/mol. The molecule has 0 radical (unpaired) electrons. The van der Waals surface area contributed by atoms with Crippen molar-refractivity contribution < 1.29 is 9.50 Å². The van der Waals surface area contributed by atoms with Crippen LogP contribution in [-0.4, -0.2) is 24.3 Å². The van der Waals surface area contributed by atoms with Gasteiger partial charge in [-0.25, -0.2) is 4.39 Å². The van der Waals surface area contributed by atoms with Gasteiger partial charge in [-0.15, -0.1) is 0 Å². The van der Waals surface area contributed by atoms with Crippen molar-refractivity contribution in [1.82, 2.24) is 0 Å². The van der Waals surface area contributed by atoms with Crippen LogP contribution in [0.15, 0.2) is 18.2 Å². The molecule has 1 fully saturated rings. The number of nitrogens with zero attached hydrogens (tertiary/aromatic N) is 2. The Morgan fingerprint density at radius 1 is 1.59 bits per heavy atom. The first-order valence-corrected chi connectivity index (χ1v) is 5.75. The van der Waals surface area contributed by atoms with E-state index in [1.807, 2.05) is 11.0 Å². The number of rotatable bonds is 2. The summed E-state index contributed by atoms with van der Waals surface area (Å²) in [7, 11) is 0. The molecule has 3 nitrogen and oxygen atoms in total. The molecule has 1 aromatic carbocycles. The molecule has 1 N–H and O–H groups in total. The maximum Gasteiger partial charge on any atom is 0.143 e. The fourth-order valence-corrected chi connectivity index (χ4v) is 2.45. The molecule has 1 aliphatic heterocycles. The molecule has 1 aromatic rings. The SMILES string of the molecule is CC1CCN(c2cccc(F)c2C#N)C1CO. The molecule has 2 unspecified atom stereocenters. The average molecular weight is 234 g/mol. The molecule has 17 heavy (non-hydrogen) atoms. The van der Waals surface area contributed by atoms with Crippen LogP contribution < -0.4 is 4.90 Å². The first-order valence-electron chi connectivity index (χ1n) is 5.75. The van der Waals surface area contributed by atoms with Crippen molar-refractivity contribution in [2.45, 2.75) is 19.4 Å². The first-order chi connectivity index (χ1) is 8.19. The summed E-state index contributed by atoms with van der Waals surface area (Å²) in [4.78, 5) is 1.94. The number of aliphatic hydroxyl groups excluding tert-OH is 1. The molecule has 0 saturated carbocycles. The van der Waals surface area contributed by atoms with Gasteiger partial charge < -0.3 is 10.0 Å². The molecule has 4 heteroatoms. The summed E-state index contributed by atoms with van der Waals surface area (Å²) in [6.45, 7) is 2.85. The van der Waals surface area contributed by atoms with Crippen molar-refractivity contribution in [1.29, 1.82) is 5.26 Å². The summed E-state index contributed by atoms with van der Waals surface area (Å²) in [5.41, 5.74) is 0.663. The number of anilines is 1. The molecular weight excluding hydrogens is 219 g/mol. The second-order valence-corrected chi connectivity index (χ2v) is 4.46. The fraction of sp³-hybridized carbons (Fsp3) is 0.462. The molecule has 1 heterocycles. The molecule has 1 aliphatic rings. The molecule has 1 saturated heterocycles. The minimum absolute atomic E-state index is 0.0242. The van der Waals surface area contributed by atoms with E-state index in [0.717, 1.165) is 13.0 Å². The van der Waals surface area contributed by atoms with E-state index in [1.165, 1.54) is 6.07 Å². The van der Waals surface area contributed by atoms with Gasteiger partial charge in [-0.2, -0.15) is 5.26 Å². The second kappa shape index (κ2) is 4.72. The number of aliphatic hydroxyl groups is 1. The van der Waals surface area contributed by atoms with E-state index >= 15 is 0 Å². The Balaban J connectivity index is 2.41. The maximum absolute atomic E-state index is 13.5. The monoisotopic (exact) mass is 234 g/mol. The third-order valence-electron chi connectivity index (χ3n) is 3.48. The van der Waals surface area contributed by atoms with Crippen molar-refractivity contribution in [3.63, 3.8) is 0 Å². The topological polar surface area (TPSA) is 47.3 Å². The van der Waals surface area contributed by atoms with Gasteiger partial charge in [-0.3, -0.25) is 0 Å². The zero-order valence-corrected chi connectivity index (χ0v) is 9.73. The lowest BCUT2D eigenvalue weighted by atomic mass is 10.0. The number of nitriles is 1. The van der Waals surface area contributed by atoms with Crippen LogP contribution in [0.2, 0.25) is 0 Å². The molecule has 0 aromatic heterocycles. The van der Waals surface area contributed by atoms with Gasteiger partial charge >= 0.3 is 0 Å². The van der Waals surface area contributed by atoms with Gasteiger partial charge in [-0.05, 0) is 24.5 Å². The minimum Gasteiger partial charge on any atom is -0.394 e. The van der Waals surface area contributed by atoms with Crippen LogP contribution in [0.5, 0.6) is 0 Å².